The number of allylic oxidation sites excluding steroid dienone is 1. The molecule has 0 bridgehead atoms. The summed E-state index contributed by atoms with van der Waals surface area (Å²) in [6, 6.07) is 27.0. The average Bonchev–Trinajstić information content (AvgIpc) is 2.89. The second kappa shape index (κ2) is 15.9. The smallest absolute Gasteiger partial charge is 0.0719 e. The van der Waals surface area contributed by atoms with Gasteiger partial charge in [-0.15, -0.1) is 6.58 Å². The standard InChI is InChI=1S/C34H42O/c1-3-5-27-35-28-34-18-11-10-17-33(34)16-9-8-15-32-25-23-31(24-26-32)14-7-6-13-30-21-19-29(12-4-2)20-22-30/h3-4,10-12,17-26H,1,5-9,13-16,27-28H2,2H3/b12-4-. The third kappa shape index (κ3) is 10.1. The molecule has 0 saturated carbocycles. The second-order valence-electron chi connectivity index (χ2n) is 9.37. The average molecular weight is 467 g/mol. The number of rotatable bonds is 16. The fourth-order valence-corrected chi connectivity index (χ4v) is 4.45. The van der Waals surface area contributed by atoms with E-state index in [0.717, 1.165) is 32.3 Å². The van der Waals surface area contributed by atoms with Crippen molar-refractivity contribution in [1.29, 1.82) is 0 Å². The third-order valence-electron chi connectivity index (χ3n) is 6.55. The number of aryl methyl sites for hydroxylation is 4. The summed E-state index contributed by atoms with van der Waals surface area (Å²) in [4.78, 5) is 0. The van der Waals surface area contributed by atoms with Gasteiger partial charge in [-0.2, -0.15) is 0 Å². The molecule has 0 saturated heterocycles. The highest BCUT2D eigenvalue weighted by atomic mass is 16.5. The molecule has 3 aromatic rings. The van der Waals surface area contributed by atoms with E-state index in [9.17, 15) is 0 Å². The minimum atomic E-state index is 0.703. The van der Waals surface area contributed by atoms with Crippen molar-refractivity contribution < 1.29 is 4.74 Å². The molecule has 3 aromatic carbocycles. The fourth-order valence-electron chi connectivity index (χ4n) is 4.45. The van der Waals surface area contributed by atoms with Gasteiger partial charge >= 0.3 is 0 Å². The first-order chi connectivity index (χ1) is 17.3. The Bertz CT molecular complexity index is 1010. The fraction of sp³-hybridized carbons (Fsp3) is 0.353. The summed E-state index contributed by atoms with van der Waals surface area (Å²) in [5.74, 6) is 0. The largest absolute Gasteiger partial charge is 0.376 e. The van der Waals surface area contributed by atoms with Crippen LogP contribution in [0.3, 0.4) is 0 Å². The maximum Gasteiger partial charge on any atom is 0.0719 e. The van der Waals surface area contributed by atoms with Gasteiger partial charge in [-0.25, -0.2) is 0 Å². The number of hydrogen-bond donors (Lipinski definition) is 0. The number of ether oxygens (including phenoxy) is 1. The van der Waals surface area contributed by atoms with E-state index in [1.54, 1.807) is 0 Å². The normalized spacial score (nSPS) is 11.2. The van der Waals surface area contributed by atoms with Crippen molar-refractivity contribution in [2.24, 2.45) is 0 Å². The zero-order valence-electron chi connectivity index (χ0n) is 21.6. The van der Waals surface area contributed by atoms with Gasteiger partial charge in [-0.05, 0) is 98.1 Å². The van der Waals surface area contributed by atoms with Crippen molar-refractivity contribution in [2.45, 2.75) is 71.3 Å². The van der Waals surface area contributed by atoms with Crippen LogP contribution in [0.25, 0.3) is 6.08 Å². The molecule has 0 atom stereocenters. The summed E-state index contributed by atoms with van der Waals surface area (Å²) in [5, 5.41) is 0. The van der Waals surface area contributed by atoms with Gasteiger partial charge in [0.15, 0.2) is 0 Å². The molecule has 0 aliphatic heterocycles. The molecule has 0 aliphatic carbocycles. The van der Waals surface area contributed by atoms with Gasteiger partial charge in [0.1, 0.15) is 0 Å². The molecule has 0 N–H and O–H groups in total. The SMILES string of the molecule is C=CCCOCc1ccccc1CCCCc1ccc(CCCCc2ccc(/C=C\C)cc2)cc1. The van der Waals surface area contributed by atoms with Gasteiger partial charge in [-0.1, -0.05) is 91.0 Å². The predicted molar refractivity (Wildman–Crippen MR) is 152 cm³/mol. The summed E-state index contributed by atoms with van der Waals surface area (Å²) in [6.07, 6.45) is 16.6. The highest BCUT2D eigenvalue weighted by Crippen LogP contribution is 2.16. The molecule has 0 aliphatic rings. The zero-order valence-corrected chi connectivity index (χ0v) is 21.6. The van der Waals surface area contributed by atoms with Crippen LogP contribution in [0, 0.1) is 0 Å². The first-order valence-electron chi connectivity index (χ1n) is 13.3. The molecule has 0 aromatic heterocycles. The van der Waals surface area contributed by atoms with Gasteiger partial charge in [0.2, 0.25) is 0 Å². The van der Waals surface area contributed by atoms with Gasteiger partial charge in [0.05, 0.1) is 13.2 Å². The Morgan fingerprint density at radius 3 is 1.71 bits per heavy atom. The Morgan fingerprint density at radius 2 is 1.17 bits per heavy atom. The Hall–Kier alpha value is -2.90. The molecule has 0 heterocycles. The molecule has 35 heavy (non-hydrogen) atoms. The quantitative estimate of drug-likeness (QED) is 0.151. The summed E-state index contributed by atoms with van der Waals surface area (Å²) < 4.78 is 5.78. The van der Waals surface area contributed by atoms with Crippen molar-refractivity contribution >= 4 is 6.08 Å². The molecule has 3 rings (SSSR count). The molecule has 0 spiro atoms. The van der Waals surface area contributed by atoms with Gasteiger partial charge in [0, 0.05) is 0 Å². The predicted octanol–water partition coefficient (Wildman–Crippen LogP) is 8.94. The van der Waals surface area contributed by atoms with Crippen LogP contribution in [0.15, 0.2) is 91.5 Å². The lowest BCUT2D eigenvalue weighted by Gasteiger charge is -2.10. The third-order valence-corrected chi connectivity index (χ3v) is 6.55. The van der Waals surface area contributed by atoms with Crippen LogP contribution in [-0.2, 0) is 37.0 Å². The Balaban J connectivity index is 1.32. The number of benzene rings is 3. The Morgan fingerprint density at radius 1 is 0.657 bits per heavy atom. The summed E-state index contributed by atoms with van der Waals surface area (Å²) >= 11 is 0. The zero-order chi connectivity index (χ0) is 24.6. The maximum absolute atomic E-state index is 5.78. The van der Waals surface area contributed by atoms with Crippen molar-refractivity contribution in [1.82, 2.24) is 0 Å². The highest BCUT2D eigenvalue weighted by Gasteiger charge is 2.03. The van der Waals surface area contributed by atoms with Crippen LogP contribution in [0.4, 0.5) is 0 Å². The first-order valence-corrected chi connectivity index (χ1v) is 13.3. The molecule has 1 heteroatoms. The lowest BCUT2D eigenvalue weighted by atomic mass is 9.99. The van der Waals surface area contributed by atoms with Crippen molar-refractivity contribution in [3.8, 4) is 0 Å². The van der Waals surface area contributed by atoms with Crippen LogP contribution in [0.1, 0.15) is 72.4 Å². The summed E-state index contributed by atoms with van der Waals surface area (Å²) in [6.45, 7) is 7.27. The Kier molecular flexibility index (Phi) is 12.1. The van der Waals surface area contributed by atoms with Crippen LogP contribution < -0.4 is 0 Å². The topological polar surface area (TPSA) is 9.23 Å². The van der Waals surface area contributed by atoms with Gasteiger partial charge < -0.3 is 4.74 Å². The van der Waals surface area contributed by atoms with Crippen molar-refractivity contribution in [2.75, 3.05) is 6.61 Å². The second-order valence-corrected chi connectivity index (χ2v) is 9.37. The molecule has 0 unspecified atom stereocenters. The molecular weight excluding hydrogens is 424 g/mol. The van der Waals surface area contributed by atoms with E-state index in [4.69, 9.17) is 4.74 Å². The van der Waals surface area contributed by atoms with E-state index in [1.165, 1.54) is 65.5 Å². The molecule has 184 valence electrons. The van der Waals surface area contributed by atoms with Gasteiger partial charge in [0.25, 0.3) is 0 Å². The monoisotopic (exact) mass is 466 g/mol. The maximum atomic E-state index is 5.78. The molecule has 0 radical (unpaired) electrons. The van der Waals surface area contributed by atoms with Crippen LogP contribution in [0.2, 0.25) is 0 Å². The van der Waals surface area contributed by atoms with E-state index in [2.05, 4.69) is 98.5 Å². The summed E-state index contributed by atoms with van der Waals surface area (Å²) in [5.41, 5.74) is 8.39. The van der Waals surface area contributed by atoms with Crippen molar-refractivity contribution in [3.05, 3.63) is 125 Å². The van der Waals surface area contributed by atoms with Crippen LogP contribution >= 0.6 is 0 Å². The summed E-state index contributed by atoms with van der Waals surface area (Å²) in [7, 11) is 0. The molecular formula is C34H42O. The van der Waals surface area contributed by atoms with Crippen LogP contribution in [-0.4, -0.2) is 6.61 Å². The molecule has 0 amide bonds. The van der Waals surface area contributed by atoms with Gasteiger partial charge in [-0.3, -0.25) is 0 Å². The molecule has 0 fully saturated rings. The minimum Gasteiger partial charge on any atom is -0.376 e. The van der Waals surface area contributed by atoms with E-state index < -0.39 is 0 Å². The Labute approximate surface area is 213 Å². The van der Waals surface area contributed by atoms with E-state index in [0.29, 0.717) is 6.61 Å². The number of unbranched alkanes of at least 4 members (excludes halogenated alkanes) is 2. The lowest BCUT2D eigenvalue weighted by molar-refractivity contribution is 0.125. The molecule has 1 nitrogen and oxygen atoms in total. The number of hydrogen-bond acceptors (Lipinski definition) is 1. The lowest BCUT2D eigenvalue weighted by Crippen LogP contribution is -1.99. The van der Waals surface area contributed by atoms with E-state index in [-0.39, 0.29) is 0 Å². The van der Waals surface area contributed by atoms with Crippen LogP contribution in [0.5, 0.6) is 0 Å². The first kappa shape index (κ1) is 26.7. The highest BCUT2D eigenvalue weighted by molar-refractivity contribution is 5.49. The van der Waals surface area contributed by atoms with E-state index in [1.807, 2.05) is 6.08 Å². The minimum absolute atomic E-state index is 0.703. The van der Waals surface area contributed by atoms with E-state index >= 15 is 0 Å². The van der Waals surface area contributed by atoms with Crippen molar-refractivity contribution in [3.63, 3.8) is 0 Å².